The van der Waals surface area contributed by atoms with E-state index >= 15 is 0 Å². The molecule has 1 aliphatic carbocycles. The van der Waals surface area contributed by atoms with Gasteiger partial charge in [-0.2, -0.15) is 0 Å². The molecule has 1 atom stereocenters. The third-order valence-corrected chi connectivity index (χ3v) is 4.58. The first-order valence-corrected chi connectivity index (χ1v) is 8.01. The van der Waals surface area contributed by atoms with Crippen LogP contribution in [0.15, 0.2) is 22.7 Å². The maximum Gasteiger partial charge on any atom is 0.304 e. The number of fused-ring (bicyclic) bond motifs is 1. The van der Waals surface area contributed by atoms with E-state index in [0.29, 0.717) is 18.6 Å². The van der Waals surface area contributed by atoms with E-state index in [1.165, 1.54) is 11.1 Å². The Morgan fingerprint density at radius 3 is 2.85 bits per heavy atom. The number of hydrogen-bond donors (Lipinski definition) is 1. The molecule has 0 saturated carbocycles. The van der Waals surface area contributed by atoms with Gasteiger partial charge < -0.3 is 5.11 Å². The van der Waals surface area contributed by atoms with Gasteiger partial charge in [-0.3, -0.25) is 9.69 Å². The van der Waals surface area contributed by atoms with E-state index in [0.717, 1.165) is 23.7 Å². The van der Waals surface area contributed by atoms with Gasteiger partial charge in [-0.1, -0.05) is 22.0 Å². The lowest BCUT2D eigenvalue weighted by atomic mass is 9.87. The van der Waals surface area contributed by atoms with Crippen molar-refractivity contribution in [1.82, 2.24) is 4.90 Å². The summed E-state index contributed by atoms with van der Waals surface area (Å²) >= 11 is 3.52. The SMILES string of the molecule is CC(C)N(CCC(=O)O)C1CCc2cc(Br)ccc2C1. The highest BCUT2D eigenvalue weighted by molar-refractivity contribution is 9.10. The molecule has 1 N–H and O–H groups in total. The molecule has 0 radical (unpaired) electrons. The molecule has 1 unspecified atom stereocenters. The summed E-state index contributed by atoms with van der Waals surface area (Å²) in [5.41, 5.74) is 2.84. The highest BCUT2D eigenvalue weighted by Crippen LogP contribution is 2.28. The van der Waals surface area contributed by atoms with E-state index in [-0.39, 0.29) is 6.42 Å². The fourth-order valence-electron chi connectivity index (χ4n) is 3.07. The minimum absolute atomic E-state index is 0.224. The van der Waals surface area contributed by atoms with E-state index in [2.05, 4.69) is 52.9 Å². The molecule has 0 aromatic heterocycles. The second kappa shape index (κ2) is 6.72. The van der Waals surface area contributed by atoms with Crippen molar-refractivity contribution in [3.05, 3.63) is 33.8 Å². The standard InChI is InChI=1S/C16H22BrNO2/c1-11(2)18(8-7-16(19)20)15-6-4-12-9-14(17)5-3-13(12)10-15/h3,5,9,11,15H,4,6-8,10H2,1-2H3,(H,19,20). The highest BCUT2D eigenvalue weighted by Gasteiger charge is 2.26. The van der Waals surface area contributed by atoms with Crippen molar-refractivity contribution in [3.63, 3.8) is 0 Å². The van der Waals surface area contributed by atoms with Gasteiger partial charge in [0.15, 0.2) is 0 Å². The molecule has 0 amide bonds. The Kier molecular flexibility index (Phi) is 5.22. The molecule has 0 fully saturated rings. The summed E-state index contributed by atoms with van der Waals surface area (Å²) in [7, 11) is 0. The van der Waals surface area contributed by atoms with Crippen molar-refractivity contribution in [2.75, 3.05) is 6.54 Å². The maximum atomic E-state index is 10.8. The van der Waals surface area contributed by atoms with Crippen LogP contribution in [0, 0.1) is 0 Å². The lowest BCUT2D eigenvalue weighted by molar-refractivity contribution is -0.137. The lowest BCUT2D eigenvalue weighted by Gasteiger charge is -2.37. The molecule has 1 aromatic carbocycles. The molecule has 0 spiro atoms. The van der Waals surface area contributed by atoms with Crippen molar-refractivity contribution in [1.29, 1.82) is 0 Å². The van der Waals surface area contributed by atoms with E-state index in [9.17, 15) is 4.79 Å². The predicted octanol–water partition coefficient (Wildman–Crippen LogP) is 3.49. The van der Waals surface area contributed by atoms with Gasteiger partial charge >= 0.3 is 5.97 Å². The molecule has 110 valence electrons. The normalized spacial score (nSPS) is 18.4. The largest absolute Gasteiger partial charge is 0.481 e. The smallest absolute Gasteiger partial charge is 0.304 e. The van der Waals surface area contributed by atoms with Crippen LogP contribution in [0.25, 0.3) is 0 Å². The van der Waals surface area contributed by atoms with Crippen molar-refractivity contribution in [2.24, 2.45) is 0 Å². The van der Waals surface area contributed by atoms with Crippen LogP contribution in [-0.4, -0.2) is 34.6 Å². The zero-order chi connectivity index (χ0) is 14.7. The van der Waals surface area contributed by atoms with Gasteiger partial charge in [0.05, 0.1) is 6.42 Å². The molecule has 3 nitrogen and oxygen atoms in total. The Balaban J connectivity index is 2.08. The van der Waals surface area contributed by atoms with Gasteiger partial charge in [0.2, 0.25) is 0 Å². The van der Waals surface area contributed by atoms with Crippen molar-refractivity contribution >= 4 is 21.9 Å². The Morgan fingerprint density at radius 2 is 2.20 bits per heavy atom. The number of halogens is 1. The van der Waals surface area contributed by atoms with Crippen molar-refractivity contribution in [3.8, 4) is 0 Å². The number of benzene rings is 1. The number of carboxylic acid groups (broad SMARTS) is 1. The van der Waals surface area contributed by atoms with E-state index in [1.807, 2.05) is 0 Å². The number of aryl methyl sites for hydroxylation is 1. The fraction of sp³-hybridized carbons (Fsp3) is 0.562. The molecule has 1 aliphatic rings. The van der Waals surface area contributed by atoms with Crippen LogP contribution in [-0.2, 0) is 17.6 Å². The summed E-state index contributed by atoms with van der Waals surface area (Å²) in [6.45, 7) is 4.95. The second-order valence-corrected chi connectivity index (χ2v) is 6.70. The molecule has 20 heavy (non-hydrogen) atoms. The first-order valence-electron chi connectivity index (χ1n) is 7.22. The molecule has 2 rings (SSSR count). The van der Waals surface area contributed by atoms with Gasteiger partial charge in [0, 0.05) is 23.1 Å². The van der Waals surface area contributed by atoms with Gasteiger partial charge in [0.1, 0.15) is 0 Å². The van der Waals surface area contributed by atoms with E-state index < -0.39 is 5.97 Å². The third-order valence-electron chi connectivity index (χ3n) is 4.09. The van der Waals surface area contributed by atoms with Gasteiger partial charge in [-0.25, -0.2) is 0 Å². The number of hydrogen-bond acceptors (Lipinski definition) is 2. The molecule has 0 bridgehead atoms. The van der Waals surface area contributed by atoms with Crippen LogP contribution in [0.4, 0.5) is 0 Å². The monoisotopic (exact) mass is 339 g/mol. The zero-order valence-electron chi connectivity index (χ0n) is 12.1. The predicted molar refractivity (Wildman–Crippen MR) is 84.0 cm³/mol. The summed E-state index contributed by atoms with van der Waals surface area (Å²) in [6, 6.07) is 7.35. The Hall–Kier alpha value is -0.870. The first kappa shape index (κ1) is 15.5. The maximum absolute atomic E-state index is 10.8. The molecule has 0 heterocycles. The Morgan fingerprint density at radius 1 is 1.45 bits per heavy atom. The zero-order valence-corrected chi connectivity index (χ0v) is 13.7. The molecule has 1 aromatic rings. The van der Waals surface area contributed by atoms with Crippen LogP contribution in [0.3, 0.4) is 0 Å². The molecule has 4 heteroatoms. The number of carboxylic acids is 1. The molecule has 0 saturated heterocycles. The lowest BCUT2D eigenvalue weighted by Crippen LogP contribution is -2.44. The van der Waals surface area contributed by atoms with Gasteiger partial charge in [-0.05, 0) is 56.4 Å². The summed E-state index contributed by atoms with van der Waals surface area (Å²) in [6.07, 6.45) is 3.44. The average molecular weight is 340 g/mol. The minimum Gasteiger partial charge on any atom is -0.481 e. The first-order chi connectivity index (χ1) is 9.47. The topological polar surface area (TPSA) is 40.5 Å². The van der Waals surface area contributed by atoms with Gasteiger partial charge in [-0.15, -0.1) is 0 Å². The fourth-order valence-corrected chi connectivity index (χ4v) is 3.48. The van der Waals surface area contributed by atoms with Gasteiger partial charge in [0.25, 0.3) is 0 Å². The highest BCUT2D eigenvalue weighted by atomic mass is 79.9. The number of rotatable bonds is 5. The van der Waals surface area contributed by atoms with Crippen LogP contribution < -0.4 is 0 Å². The minimum atomic E-state index is -0.712. The van der Waals surface area contributed by atoms with Crippen molar-refractivity contribution < 1.29 is 9.90 Å². The third kappa shape index (κ3) is 3.83. The van der Waals surface area contributed by atoms with Crippen LogP contribution in [0.5, 0.6) is 0 Å². The number of carbonyl (C=O) groups is 1. The molecular weight excluding hydrogens is 318 g/mol. The quantitative estimate of drug-likeness (QED) is 0.892. The molecule has 0 aliphatic heterocycles. The second-order valence-electron chi connectivity index (χ2n) is 5.78. The number of nitrogens with zero attached hydrogens (tertiary/aromatic N) is 1. The molecular formula is C16H22BrNO2. The summed E-state index contributed by atoms with van der Waals surface area (Å²) in [4.78, 5) is 13.2. The Bertz CT molecular complexity index is 487. The van der Waals surface area contributed by atoms with E-state index in [4.69, 9.17) is 5.11 Å². The van der Waals surface area contributed by atoms with Crippen molar-refractivity contribution in [2.45, 2.75) is 51.6 Å². The summed E-state index contributed by atoms with van der Waals surface area (Å²) in [5.74, 6) is -0.712. The van der Waals surface area contributed by atoms with Crippen LogP contribution in [0.1, 0.15) is 37.8 Å². The average Bonchev–Trinajstić information content (AvgIpc) is 2.38. The van der Waals surface area contributed by atoms with E-state index in [1.54, 1.807) is 0 Å². The Labute approximate surface area is 129 Å². The summed E-state index contributed by atoms with van der Waals surface area (Å²) < 4.78 is 1.14. The van der Waals surface area contributed by atoms with Crippen LogP contribution >= 0.6 is 15.9 Å². The van der Waals surface area contributed by atoms with Crippen LogP contribution in [0.2, 0.25) is 0 Å². The summed E-state index contributed by atoms with van der Waals surface area (Å²) in [5, 5.41) is 8.90. The number of aliphatic carboxylic acids is 1.